The fraction of sp³-hybridized carbons (Fsp3) is 0. The summed E-state index contributed by atoms with van der Waals surface area (Å²) >= 11 is 3.30. The Balaban J connectivity index is 2.00. The van der Waals surface area contributed by atoms with E-state index in [2.05, 4.69) is 31.2 Å². The lowest BCUT2D eigenvalue weighted by Gasteiger charge is -2.07. The molecule has 0 saturated heterocycles. The molecule has 0 fully saturated rings. The Bertz CT molecular complexity index is 929. The number of rotatable bonds is 3. The molecule has 7 nitrogen and oxygen atoms in total. The average Bonchev–Trinajstić information content (AvgIpc) is 2.54. The molecule has 114 valence electrons. The number of nitro groups is 1. The van der Waals surface area contributed by atoms with Crippen molar-refractivity contribution in [3.8, 4) is 0 Å². The number of nitrogens with one attached hydrogen (secondary N) is 1. The summed E-state index contributed by atoms with van der Waals surface area (Å²) in [5.41, 5.74) is 0.858. The van der Waals surface area contributed by atoms with Crippen LogP contribution in [0.5, 0.6) is 0 Å². The van der Waals surface area contributed by atoms with Gasteiger partial charge in [0.2, 0.25) is 0 Å². The lowest BCUT2D eigenvalue weighted by molar-refractivity contribution is -0.384. The zero-order valence-electron chi connectivity index (χ0n) is 11.6. The second kappa shape index (κ2) is 6.09. The fourth-order valence-electron chi connectivity index (χ4n) is 2.07. The monoisotopic (exact) mass is 372 g/mol. The summed E-state index contributed by atoms with van der Waals surface area (Å²) in [5.74, 6) is -0.138. The molecule has 0 unspecified atom stereocenters. The highest BCUT2D eigenvalue weighted by atomic mass is 79.9. The van der Waals surface area contributed by atoms with E-state index in [1.807, 2.05) is 0 Å². The number of nitrogens with zero attached hydrogens (tertiary/aromatic N) is 3. The van der Waals surface area contributed by atoms with Crippen LogP contribution in [-0.2, 0) is 0 Å². The average molecular weight is 373 g/mol. The van der Waals surface area contributed by atoms with Crippen molar-refractivity contribution in [2.45, 2.75) is 0 Å². The van der Waals surface area contributed by atoms with Crippen LogP contribution in [0.1, 0.15) is 10.4 Å². The van der Waals surface area contributed by atoms with Gasteiger partial charge in [-0.05, 0) is 24.3 Å². The molecule has 8 heteroatoms. The number of carbonyl (C=O) groups excluding carboxylic acids is 1. The van der Waals surface area contributed by atoms with Gasteiger partial charge in [0.05, 0.1) is 10.4 Å². The van der Waals surface area contributed by atoms with Crippen LogP contribution >= 0.6 is 15.9 Å². The predicted octanol–water partition coefficient (Wildman–Crippen LogP) is 3.55. The molecule has 0 aliphatic rings. The van der Waals surface area contributed by atoms with E-state index < -0.39 is 4.92 Å². The summed E-state index contributed by atoms with van der Waals surface area (Å²) in [7, 11) is 0. The van der Waals surface area contributed by atoms with Gasteiger partial charge in [0.25, 0.3) is 11.6 Å². The minimum Gasteiger partial charge on any atom is -0.306 e. The maximum atomic E-state index is 12.3. The van der Waals surface area contributed by atoms with Crippen LogP contribution in [0.4, 0.5) is 11.5 Å². The molecule has 0 aliphatic carbocycles. The molecule has 3 aromatic rings. The van der Waals surface area contributed by atoms with Crippen molar-refractivity contribution in [2.75, 3.05) is 5.32 Å². The van der Waals surface area contributed by atoms with Gasteiger partial charge in [-0.3, -0.25) is 14.9 Å². The summed E-state index contributed by atoms with van der Waals surface area (Å²) in [6, 6.07) is 11.1. The molecule has 0 bridgehead atoms. The molecule has 1 aromatic heterocycles. The van der Waals surface area contributed by atoms with Gasteiger partial charge in [0.1, 0.15) is 12.1 Å². The minimum atomic E-state index is -0.508. The lowest BCUT2D eigenvalue weighted by atomic mass is 10.2. The number of amides is 1. The van der Waals surface area contributed by atoms with Crippen LogP contribution in [0.15, 0.2) is 53.3 Å². The van der Waals surface area contributed by atoms with E-state index in [9.17, 15) is 14.9 Å². The first kappa shape index (κ1) is 15.0. The van der Waals surface area contributed by atoms with E-state index in [1.54, 1.807) is 24.3 Å². The van der Waals surface area contributed by atoms with Gasteiger partial charge in [-0.15, -0.1) is 0 Å². The van der Waals surface area contributed by atoms with E-state index in [-0.39, 0.29) is 17.4 Å². The van der Waals surface area contributed by atoms with E-state index >= 15 is 0 Å². The number of benzene rings is 2. The Morgan fingerprint density at radius 1 is 1.17 bits per heavy atom. The third-order valence-electron chi connectivity index (χ3n) is 3.15. The maximum Gasteiger partial charge on any atom is 0.270 e. The SMILES string of the molecule is O=C(Nc1ncnc2ccc([N+](=O)[O-])cc12)c1cccc(Br)c1. The third kappa shape index (κ3) is 3.16. The zero-order valence-corrected chi connectivity index (χ0v) is 13.1. The Morgan fingerprint density at radius 2 is 2.00 bits per heavy atom. The Morgan fingerprint density at radius 3 is 2.74 bits per heavy atom. The van der Waals surface area contributed by atoms with Gasteiger partial charge >= 0.3 is 0 Å². The Labute approximate surface area is 138 Å². The second-order valence-electron chi connectivity index (χ2n) is 4.65. The molecule has 23 heavy (non-hydrogen) atoms. The van der Waals surface area contributed by atoms with Gasteiger partial charge in [-0.25, -0.2) is 9.97 Å². The number of fused-ring (bicyclic) bond motifs is 1. The molecule has 1 N–H and O–H groups in total. The van der Waals surface area contributed by atoms with Gasteiger partial charge in [0, 0.05) is 27.6 Å². The summed E-state index contributed by atoms with van der Waals surface area (Å²) in [6.07, 6.45) is 1.30. The van der Waals surface area contributed by atoms with E-state index in [4.69, 9.17) is 0 Å². The Hall–Kier alpha value is -2.87. The lowest BCUT2D eigenvalue weighted by Crippen LogP contribution is -2.13. The minimum absolute atomic E-state index is 0.0924. The summed E-state index contributed by atoms with van der Waals surface area (Å²) < 4.78 is 0.772. The zero-order chi connectivity index (χ0) is 16.4. The summed E-state index contributed by atoms with van der Waals surface area (Å²) in [5, 5.41) is 14.0. The summed E-state index contributed by atoms with van der Waals surface area (Å²) in [4.78, 5) is 30.8. The number of hydrogen-bond donors (Lipinski definition) is 1. The van der Waals surface area contributed by atoms with Crippen molar-refractivity contribution in [2.24, 2.45) is 0 Å². The van der Waals surface area contributed by atoms with Crippen molar-refractivity contribution in [3.63, 3.8) is 0 Å². The van der Waals surface area contributed by atoms with Gasteiger partial charge < -0.3 is 5.32 Å². The van der Waals surface area contributed by atoms with Crippen molar-refractivity contribution >= 4 is 44.2 Å². The number of halogens is 1. The molecule has 3 rings (SSSR count). The molecule has 0 aliphatic heterocycles. The van der Waals surface area contributed by atoms with Crippen LogP contribution < -0.4 is 5.32 Å². The molecular weight excluding hydrogens is 364 g/mol. The van der Waals surface area contributed by atoms with Crippen LogP contribution in [-0.4, -0.2) is 20.8 Å². The first-order valence-electron chi connectivity index (χ1n) is 6.50. The highest BCUT2D eigenvalue weighted by Crippen LogP contribution is 2.24. The number of non-ortho nitro benzene ring substituents is 1. The highest BCUT2D eigenvalue weighted by Gasteiger charge is 2.13. The second-order valence-corrected chi connectivity index (χ2v) is 5.56. The number of anilines is 1. The number of nitro benzene ring substituents is 1. The first-order chi connectivity index (χ1) is 11.0. The molecule has 0 spiro atoms. The number of carbonyl (C=O) groups is 1. The van der Waals surface area contributed by atoms with Crippen molar-refractivity contribution in [3.05, 3.63) is 68.9 Å². The van der Waals surface area contributed by atoms with Gasteiger partial charge in [-0.1, -0.05) is 22.0 Å². The van der Waals surface area contributed by atoms with Gasteiger partial charge in [0.15, 0.2) is 0 Å². The van der Waals surface area contributed by atoms with Crippen LogP contribution in [0.2, 0.25) is 0 Å². The quantitative estimate of drug-likeness (QED) is 0.559. The van der Waals surface area contributed by atoms with Crippen LogP contribution in [0.25, 0.3) is 10.9 Å². The van der Waals surface area contributed by atoms with E-state index in [0.717, 1.165) is 4.47 Å². The standard InChI is InChI=1S/C15H9BrN4O3/c16-10-3-1-2-9(6-10)15(21)19-14-12-7-11(20(22)23)4-5-13(12)17-8-18-14/h1-8H,(H,17,18,19,21). The topological polar surface area (TPSA) is 98.0 Å². The van der Waals surface area contributed by atoms with Crippen LogP contribution in [0.3, 0.4) is 0 Å². The first-order valence-corrected chi connectivity index (χ1v) is 7.30. The molecule has 2 aromatic carbocycles. The normalized spacial score (nSPS) is 10.5. The highest BCUT2D eigenvalue weighted by molar-refractivity contribution is 9.10. The van der Waals surface area contributed by atoms with Crippen molar-refractivity contribution in [1.82, 2.24) is 9.97 Å². The Kier molecular flexibility index (Phi) is 3.98. The molecule has 1 amide bonds. The van der Waals surface area contributed by atoms with E-state index in [0.29, 0.717) is 16.5 Å². The maximum absolute atomic E-state index is 12.3. The molecular formula is C15H9BrN4O3. The molecule has 1 heterocycles. The smallest absolute Gasteiger partial charge is 0.270 e. The number of aromatic nitrogens is 2. The summed E-state index contributed by atoms with van der Waals surface area (Å²) in [6.45, 7) is 0. The molecule has 0 saturated carbocycles. The van der Waals surface area contributed by atoms with Crippen molar-refractivity contribution < 1.29 is 9.72 Å². The third-order valence-corrected chi connectivity index (χ3v) is 3.64. The largest absolute Gasteiger partial charge is 0.306 e. The number of hydrogen-bond acceptors (Lipinski definition) is 5. The van der Waals surface area contributed by atoms with Crippen LogP contribution in [0, 0.1) is 10.1 Å². The predicted molar refractivity (Wildman–Crippen MR) is 88.3 cm³/mol. The van der Waals surface area contributed by atoms with Gasteiger partial charge in [-0.2, -0.15) is 0 Å². The van der Waals surface area contributed by atoms with E-state index in [1.165, 1.54) is 24.5 Å². The molecule has 0 atom stereocenters. The van der Waals surface area contributed by atoms with Crippen molar-refractivity contribution in [1.29, 1.82) is 0 Å². The fourth-order valence-corrected chi connectivity index (χ4v) is 2.47. The molecule has 0 radical (unpaired) electrons.